The quantitative estimate of drug-likeness (QED) is 0.369. The SMILES string of the molecule is CCCCCCCCc1ccc(-c2cnc(Cc3ccccc3Cl)[nH]2)cc1. The summed E-state index contributed by atoms with van der Waals surface area (Å²) < 4.78 is 0. The summed E-state index contributed by atoms with van der Waals surface area (Å²) in [5.74, 6) is 0.939. The molecule has 1 aromatic heterocycles. The van der Waals surface area contributed by atoms with E-state index in [4.69, 9.17) is 11.6 Å². The van der Waals surface area contributed by atoms with Gasteiger partial charge in [0, 0.05) is 11.4 Å². The summed E-state index contributed by atoms with van der Waals surface area (Å²) in [6.45, 7) is 2.26. The Labute approximate surface area is 168 Å². The molecule has 0 unspecified atom stereocenters. The third-order valence-corrected chi connectivity index (χ3v) is 5.40. The summed E-state index contributed by atoms with van der Waals surface area (Å²) in [6, 6.07) is 16.8. The molecule has 1 N–H and O–H groups in total. The van der Waals surface area contributed by atoms with Crippen molar-refractivity contribution in [3.8, 4) is 11.3 Å². The van der Waals surface area contributed by atoms with Gasteiger partial charge in [0.1, 0.15) is 5.82 Å². The van der Waals surface area contributed by atoms with Crippen LogP contribution in [0.3, 0.4) is 0 Å². The topological polar surface area (TPSA) is 28.7 Å². The molecule has 0 radical (unpaired) electrons. The molecule has 1 heterocycles. The molecule has 0 saturated heterocycles. The molecule has 0 saturated carbocycles. The smallest absolute Gasteiger partial charge is 0.110 e. The number of aryl methyl sites for hydroxylation is 1. The molecule has 0 aliphatic rings. The Morgan fingerprint density at radius 2 is 1.63 bits per heavy atom. The summed E-state index contributed by atoms with van der Waals surface area (Å²) in [5.41, 5.74) is 4.75. The maximum Gasteiger partial charge on any atom is 0.110 e. The van der Waals surface area contributed by atoms with Crippen molar-refractivity contribution < 1.29 is 0 Å². The molecule has 0 bridgehead atoms. The first-order valence-corrected chi connectivity index (χ1v) is 10.5. The zero-order valence-corrected chi connectivity index (χ0v) is 16.9. The Morgan fingerprint density at radius 3 is 2.41 bits per heavy atom. The van der Waals surface area contributed by atoms with E-state index in [-0.39, 0.29) is 0 Å². The van der Waals surface area contributed by atoms with E-state index < -0.39 is 0 Å². The Balaban J connectivity index is 1.53. The van der Waals surface area contributed by atoms with E-state index in [0.717, 1.165) is 28.5 Å². The highest BCUT2D eigenvalue weighted by molar-refractivity contribution is 6.31. The molecule has 0 fully saturated rings. The lowest BCUT2D eigenvalue weighted by molar-refractivity contribution is 0.607. The first kappa shape index (κ1) is 19.7. The van der Waals surface area contributed by atoms with Crippen molar-refractivity contribution in [3.63, 3.8) is 0 Å². The largest absolute Gasteiger partial charge is 0.342 e. The summed E-state index contributed by atoms with van der Waals surface area (Å²) >= 11 is 6.25. The predicted molar refractivity (Wildman–Crippen MR) is 115 cm³/mol. The molecule has 0 aliphatic heterocycles. The number of hydrogen-bond acceptors (Lipinski definition) is 1. The van der Waals surface area contributed by atoms with Crippen molar-refractivity contribution in [1.29, 1.82) is 0 Å². The van der Waals surface area contributed by atoms with Gasteiger partial charge in [-0.1, -0.05) is 93.1 Å². The second kappa shape index (κ2) is 10.3. The average molecular weight is 381 g/mol. The normalized spacial score (nSPS) is 11.0. The van der Waals surface area contributed by atoms with Gasteiger partial charge < -0.3 is 4.98 Å². The fourth-order valence-electron chi connectivity index (χ4n) is 3.38. The molecule has 3 aromatic rings. The van der Waals surface area contributed by atoms with Crippen LogP contribution in [0, 0.1) is 0 Å². The van der Waals surface area contributed by atoms with Crippen LogP contribution in [0.4, 0.5) is 0 Å². The van der Waals surface area contributed by atoms with Crippen molar-refractivity contribution in [2.45, 2.75) is 58.3 Å². The van der Waals surface area contributed by atoms with Gasteiger partial charge in [0.15, 0.2) is 0 Å². The maximum absolute atomic E-state index is 6.25. The van der Waals surface area contributed by atoms with Crippen LogP contribution >= 0.6 is 11.6 Å². The van der Waals surface area contributed by atoms with Crippen LogP contribution in [0.5, 0.6) is 0 Å². The van der Waals surface area contributed by atoms with Gasteiger partial charge in [-0.25, -0.2) is 4.98 Å². The molecule has 0 aliphatic carbocycles. The van der Waals surface area contributed by atoms with Crippen LogP contribution in [0.25, 0.3) is 11.3 Å². The number of hydrogen-bond donors (Lipinski definition) is 1. The molecular formula is C24H29ClN2. The molecule has 2 aromatic carbocycles. The van der Waals surface area contributed by atoms with E-state index in [1.54, 1.807) is 0 Å². The van der Waals surface area contributed by atoms with Crippen molar-refractivity contribution in [2.24, 2.45) is 0 Å². The monoisotopic (exact) mass is 380 g/mol. The number of aromatic nitrogens is 2. The molecule has 3 rings (SSSR count). The van der Waals surface area contributed by atoms with Crippen LogP contribution in [0.15, 0.2) is 54.7 Å². The highest BCUT2D eigenvalue weighted by atomic mass is 35.5. The van der Waals surface area contributed by atoms with Gasteiger partial charge in [-0.05, 0) is 35.6 Å². The lowest BCUT2D eigenvalue weighted by Gasteiger charge is -2.04. The lowest BCUT2D eigenvalue weighted by atomic mass is 10.0. The number of H-pyrrole nitrogens is 1. The van der Waals surface area contributed by atoms with Gasteiger partial charge in [-0.2, -0.15) is 0 Å². The second-order valence-corrected chi connectivity index (χ2v) is 7.63. The third-order valence-electron chi connectivity index (χ3n) is 5.03. The number of rotatable bonds is 10. The minimum Gasteiger partial charge on any atom is -0.342 e. The van der Waals surface area contributed by atoms with Gasteiger partial charge in [0.05, 0.1) is 11.9 Å². The summed E-state index contributed by atoms with van der Waals surface area (Å²) in [7, 11) is 0. The van der Waals surface area contributed by atoms with Gasteiger partial charge in [0.2, 0.25) is 0 Å². The Bertz CT molecular complexity index is 820. The van der Waals surface area contributed by atoms with Crippen LogP contribution in [-0.4, -0.2) is 9.97 Å². The summed E-state index contributed by atoms with van der Waals surface area (Å²) in [6.07, 6.45) is 11.9. The second-order valence-electron chi connectivity index (χ2n) is 7.23. The number of aromatic amines is 1. The van der Waals surface area contributed by atoms with Crippen molar-refractivity contribution in [2.75, 3.05) is 0 Å². The molecule has 142 valence electrons. The summed E-state index contributed by atoms with van der Waals surface area (Å²) in [5, 5.41) is 0.787. The van der Waals surface area contributed by atoms with E-state index in [0.29, 0.717) is 0 Å². The highest BCUT2D eigenvalue weighted by Gasteiger charge is 2.06. The van der Waals surface area contributed by atoms with E-state index >= 15 is 0 Å². The van der Waals surface area contributed by atoms with Crippen molar-refractivity contribution in [1.82, 2.24) is 9.97 Å². The zero-order chi connectivity index (χ0) is 18.9. The van der Waals surface area contributed by atoms with Gasteiger partial charge >= 0.3 is 0 Å². The lowest BCUT2D eigenvalue weighted by Crippen LogP contribution is -1.91. The minimum absolute atomic E-state index is 0.718. The standard InChI is InChI=1S/C24H29ClN2/c1-2-3-4-5-6-7-10-19-13-15-20(16-14-19)23-18-26-24(27-23)17-21-11-8-9-12-22(21)25/h8-9,11-16,18H,2-7,10,17H2,1H3,(H,26,27). The van der Waals surface area contributed by atoms with Crippen LogP contribution in [0.2, 0.25) is 5.02 Å². The number of imidazole rings is 1. The molecule has 27 heavy (non-hydrogen) atoms. The number of unbranched alkanes of at least 4 members (excludes halogenated alkanes) is 5. The highest BCUT2D eigenvalue weighted by Crippen LogP contribution is 2.22. The number of halogens is 1. The zero-order valence-electron chi connectivity index (χ0n) is 16.2. The van der Waals surface area contributed by atoms with Crippen LogP contribution in [0.1, 0.15) is 62.4 Å². The molecule has 0 spiro atoms. The van der Waals surface area contributed by atoms with E-state index in [1.807, 2.05) is 30.5 Å². The van der Waals surface area contributed by atoms with E-state index in [9.17, 15) is 0 Å². The average Bonchev–Trinajstić information content (AvgIpc) is 3.15. The van der Waals surface area contributed by atoms with E-state index in [1.165, 1.54) is 56.1 Å². The first-order chi connectivity index (χ1) is 13.3. The minimum atomic E-state index is 0.718. The Hall–Kier alpha value is -2.06. The van der Waals surface area contributed by atoms with Crippen LogP contribution < -0.4 is 0 Å². The molecule has 0 atom stereocenters. The fraction of sp³-hybridized carbons (Fsp3) is 0.375. The Morgan fingerprint density at radius 1 is 0.889 bits per heavy atom. The Kier molecular flexibility index (Phi) is 7.53. The van der Waals surface area contributed by atoms with Gasteiger partial charge in [-0.3, -0.25) is 0 Å². The van der Waals surface area contributed by atoms with Crippen molar-refractivity contribution in [3.05, 3.63) is 76.7 Å². The van der Waals surface area contributed by atoms with Crippen LogP contribution in [-0.2, 0) is 12.8 Å². The third kappa shape index (κ3) is 5.97. The van der Waals surface area contributed by atoms with Gasteiger partial charge in [-0.15, -0.1) is 0 Å². The number of nitrogens with zero attached hydrogens (tertiary/aromatic N) is 1. The van der Waals surface area contributed by atoms with Gasteiger partial charge in [0.25, 0.3) is 0 Å². The predicted octanol–water partition coefficient (Wildman–Crippen LogP) is 7.22. The molecule has 3 heteroatoms. The molecule has 0 amide bonds. The number of benzene rings is 2. The summed E-state index contributed by atoms with van der Waals surface area (Å²) in [4.78, 5) is 7.95. The van der Waals surface area contributed by atoms with E-state index in [2.05, 4.69) is 41.2 Å². The van der Waals surface area contributed by atoms with Crippen molar-refractivity contribution >= 4 is 11.6 Å². The molecule has 2 nitrogen and oxygen atoms in total. The number of nitrogens with one attached hydrogen (secondary N) is 1. The first-order valence-electron chi connectivity index (χ1n) is 10.1. The molecular weight excluding hydrogens is 352 g/mol. The maximum atomic E-state index is 6.25. The fourth-order valence-corrected chi connectivity index (χ4v) is 3.58.